The number of likely N-dealkylation sites (tertiary alicyclic amines) is 1. The fourth-order valence-corrected chi connectivity index (χ4v) is 2.87. The van der Waals surface area contributed by atoms with Gasteiger partial charge in [0.1, 0.15) is 0 Å². The van der Waals surface area contributed by atoms with Gasteiger partial charge in [-0.15, -0.1) is 0 Å². The topological polar surface area (TPSA) is 75.4 Å². The van der Waals surface area contributed by atoms with E-state index in [2.05, 4.69) is 5.32 Å². The molecule has 2 rings (SSSR count). The van der Waals surface area contributed by atoms with E-state index in [-0.39, 0.29) is 24.4 Å². The molecule has 0 bridgehead atoms. The summed E-state index contributed by atoms with van der Waals surface area (Å²) in [5.74, 6) is -0.501. The Hall–Kier alpha value is -1.59. The number of primary amides is 1. The molecule has 1 aromatic rings. The van der Waals surface area contributed by atoms with Gasteiger partial charge >= 0.3 is 0 Å². The second kappa shape index (κ2) is 6.91. The number of hydrogen-bond acceptors (Lipinski definition) is 3. The predicted octanol–water partition coefficient (Wildman–Crippen LogP) is 1.93. The number of aryl methyl sites for hydroxylation is 1. The highest BCUT2D eigenvalue weighted by atomic mass is 35.5. The zero-order valence-corrected chi connectivity index (χ0v) is 12.8. The molecule has 114 valence electrons. The predicted molar refractivity (Wildman–Crippen MR) is 83.2 cm³/mol. The molecular weight excluding hydrogens is 290 g/mol. The molecule has 0 saturated carbocycles. The summed E-state index contributed by atoms with van der Waals surface area (Å²) in [6, 6.07) is 4.97. The first-order chi connectivity index (χ1) is 9.97. The number of carbonyl (C=O) groups is 2. The van der Waals surface area contributed by atoms with E-state index in [4.69, 9.17) is 17.3 Å². The molecule has 0 unspecified atom stereocenters. The average Bonchev–Trinajstić information content (AvgIpc) is 2.42. The Balaban J connectivity index is 1.98. The van der Waals surface area contributed by atoms with Crippen molar-refractivity contribution in [2.45, 2.75) is 32.2 Å². The van der Waals surface area contributed by atoms with Crippen LogP contribution in [-0.2, 0) is 9.59 Å². The van der Waals surface area contributed by atoms with Crippen LogP contribution in [0.1, 0.15) is 24.8 Å². The summed E-state index contributed by atoms with van der Waals surface area (Å²) in [6.45, 7) is 2.78. The molecule has 1 saturated heterocycles. The molecule has 0 aliphatic carbocycles. The average molecular weight is 310 g/mol. The number of nitrogens with one attached hydrogen (secondary N) is 1. The summed E-state index contributed by atoms with van der Waals surface area (Å²) in [4.78, 5) is 25.4. The number of amides is 2. The standard InChI is InChI=1S/C15H20ClN3O2/c1-10-8-11(16)5-6-12(10)18-14(20)9-19-7-3-2-4-13(19)15(17)21/h5-6,8,13H,2-4,7,9H2,1H3,(H2,17,21)(H,18,20)/t13-/m1/s1. The van der Waals surface area contributed by atoms with E-state index in [1.807, 2.05) is 11.8 Å². The number of rotatable bonds is 4. The highest BCUT2D eigenvalue weighted by Crippen LogP contribution is 2.20. The number of nitrogens with zero attached hydrogens (tertiary/aromatic N) is 1. The maximum Gasteiger partial charge on any atom is 0.238 e. The van der Waals surface area contributed by atoms with Crippen molar-refractivity contribution >= 4 is 29.1 Å². The molecule has 0 aromatic heterocycles. The van der Waals surface area contributed by atoms with Crippen LogP contribution in [0.25, 0.3) is 0 Å². The Morgan fingerprint density at radius 3 is 2.86 bits per heavy atom. The molecule has 2 amide bonds. The van der Waals surface area contributed by atoms with Crippen molar-refractivity contribution in [2.75, 3.05) is 18.4 Å². The van der Waals surface area contributed by atoms with E-state index in [9.17, 15) is 9.59 Å². The number of benzene rings is 1. The highest BCUT2D eigenvalue weighted by Gasteiger charge is 2.28. The smallest absolute Gasteiger partial charge is 0.238 e. The van der Waals surface area contributed by atoms with Crippen LogP contribution in [0.3, 0.4) is 0 Å². The third-order valence-electron chi connectivity index (χ3n) is 3.75. The van der Waals surface area contributed by atoms with E-state index in [1.54, 1.807) is 18.2 Å². The van der Waals surface area contributed by atoms with Gasteiger partial charge in [0.15, 0.2) is 0 Å². The lowest BCUT2D eigenvalue weighted by Crippen LogP contribution is -2.50. The van der Waals surface area contributed by atoms with Crippen LogP contribution < -0.4 is 11.1 Å². The molecule has 3 N–H and O–H groups in total. The second-order valence-electron chi connectivity index (χ2n) is 5.39. The van der Waals surface area contributed by atoms with E-state index in [0.29, 0.717) is 5.02 Å². The minimum atomic E-state index is -0.356. The van der Waals surface area contributed by atoms with Crippen LogP contribution in [-0.4, -0.2) is 35.8 Å². The third kappa shape index (κ3) is 4.19. The van der Waals surface area contributed by atoms with Crippen molar-refractivity contribution in [1.82, 2.24) is 4.90 Å². The van der Waals surface area contributed by atoms with E-state index >= 15 is 0 Å². The summed E-state index contributed by atoms with van der Waals surface area (Å²) < 4.78 is 0. The minimum absolute atomic E-state index is 0.145. The Bertz CT molecular complexity index is 548. The Kier molecular flexibility index (Phi) is 5.20. The lowest BCUT2D eigenvalue weighted by molar-refractivity contribution is -0.126. The summed E-state index contributed by atoms with van der Waals surface area (Å²) in [7, 11) is 0. The molecule has 5 nitrogen and oxygen atoms in total. The molecule has 1 aliphatic rings. The Morgan fingerprint density at radius 1 is 1.43 bits per heavy atom. The van der Waals surface area contributed by atoms with Gasteiger partial charge in [-0.1, -0.05) is 18.0 Å². The van der Waals surface area contributed by atoms with Crippen molar-refractivity contribution in [3.05, 3.63) is 28.8 Å². The van der Waals surface area contributed by atoms with Gasteiger partial charge in [0.25, 0.3) is 0 Å². The van der Waals surface area contributed by atoms with Gasteiger partial charge in [0.2, 0.25) is 11.8 Å². The fraction of sp³-hybridized carbons (Fsp3) is 0.467. The SMILES string of the molecule is Cc1cc(Cl)ccc1NC(=O)CN1CCCC[C@@H]1C(N)=O. The minimum Gasteiger partial charge on any atom is -0.368 e. The highest BCUT2D eigenvalue weighted by molar-refractivity contribution is 6.30. The van der Waals surface area contributed by atoms with Crippen molar-refractivity contribution in [3.63, 3.8) is 0 Å². The normalized spacial score (nSPS) is 19.2. The number of hydrogen-bond donors (Lipinski definition) is 2. The zero-order valence-electron chi connectivity index (χ0n) is 12.1. The monoisotopic (exact) mass is 309 g/mol. The van der Waals surface area contributed by atoms with Crippen molar-refractivity contribution in [3.8, 4) is 0 Å². The first-order valence-electron chi connectivity index (χ1n) is 7.07. The Morgan fingerprint density at radius 2 is 2.19 bits per heavy atom. The van der Waals surface area contributed by atoms with Gasteiger partial charge < -0.3 is 11.1 Å². The number of piperidine rings is 1. The number of nitrogens with two attached hydrogens (primary N) is 1. The van der Waals surface area contributed by atoms with Gasteiger partial charge in [0.05, 0.1) is 12.6 Å². The molecule has 0 radical (unpaired) electrons. The van der Waals surface area contributed by atoms with Gasteiger partial charge in [-0.25, -0.2) is 0 Å². The van der Waals surface area contributed by atoms with Gasteiger partial charge in [-0.2, -0.15) is 0 Å². The number of anilines is 1. The summed E-state index contributed by atoms with van der Waals surface area (Å²) in [5.41, 5.74) is 7.04. The van der Waals surface area contributed by atoms with Gasteiger partial charge in [-0.05, 0) is 50.1 Å². The quantitative estimate of drug-likeness (QED) is 0.892. The van der Waals surface area contributed by atoms with Crippen LogP contribution >= 0.6 is 11.6 Å². The fourth-order valence-electron chi connectivity index (χ4n) is 2.64. The number of halogens is 1. The molecule has 1 aromatic carbocycles. The molecular formula is C15H20ClN3O2. The maximum absolute atomic E-state index is 12.1. The maximum atomic E-state index is 12.1. The summed E-state index contributed by atoms with van der Waals surface area (Å²) in [6.07, 6.45) is 2.68. The van der Waals surface area contributed by atoms with Crippen LogP contribution in [0.5, 0.6) is 0 Å². The van der Waals surface area contributed by atoms with E-state index in [1.165, 1.54) is 0 Å². The van der Waals surface area contributed by atoms with Crippen molar-refractivity contribution in [1.29, 1.82) is 0 Å². The third-order valence-corrected chi connectivity index (χ3v) is 3.99. The van der Waals surface area contributed by atoms with E-state index in [0.717, 1.165) is 37.1 Å². The summed E-state index contributed by atoms with van der Waals surface area (Å²) >= 11 is 5.89. The zero-order chi connectivity index (χ0) is 15.4. The lowest BCUT2D eigenvalue weighted by atomic mass is 10.0. The molecule has 1 heterocycles. The van der Waals surface area contributed by atoms with Gasteiger partial charge in [0, 0.05) is 10.7 Å². The molecule has 1 fully saturated rings. The molecule has 6 heteroatoms. The van der Waals surface area contributed by atoms with Gasteiger partial charge in [-0.3, -0.25) is 14.5 Å². The first-order valence-corrected chi connectivity index (χ1v) is 7.44. The van der Waals surface area contributed by atoms with Crippen LogP contribution in [0.15, 0.2) is 18.2 Å². The van der Waals surface area contributed by atoms with Crippen LogP contribution in [0.4, 0.5) is 5.69 Å². The first kappa shape index (κ1) is 15.8. The number of carbonyl (C=O) groups excluding carboxylic acids is 2. The molecule has 21 heavy (non-hydrogen) atoms. The van der Waals surface area contributed by atoms with Crippen LogP contribution in [0, 0.1) is 6.92 Å². The largest absolute Gasteiger partial charge is 0.368 e. The van der Waals surface area contributed by atoms with Crippen molar-refractivity contribution < 1.29 is 9.59 Å². The molecule has 1 aliphatic heterocycles. The second-order valence-corrected chi connectivity index (χ2v) is 5.83. The molecule has 1 atom stereocenters. The lowest BCUT2D eigenvalue weighted by Gasteiger charge is -2.32. The summed E-state index contributed by atoms with van der Waals surface area (Å²) in [5, 5.41) is 3.49. The van der Waals surface area contributed by atoms with Crippen LogP contribution in [0.2, 0.25) is 5.02 Å². The van der Waals surface area contributed by atoms with Crippen molar-refractivity contribution in [2.24, 2.45) is 5.73 Å². The Labute approximate surface area is 129 Å². The van der Waals surface area contributed by atoms with E-state index < -0.39 is 0 Å². The molecule has 0 spiro atoms.